The zero-order chi connectivity index (χ0) is 10.8. The van der Waals surface area contributed by atoms with Crippen molar-refractivity contribution < 1.29 is 5.11 Å². The Morgan fingerprint density at radius 3 is 2.87 bits per heavy atom. The van der Waals surface area contributed by atoms with E-state index in [-0.39, 0.29) is 6.04 Å². The summed E-state index contributed by atoms with van der Waals surface area (Å²) >= 11 is 0. The molecule has 0 aromatic heterocycles. The zero-order valence-electron chi connectivity index (χ0n) is 9.61. The van der Waals surface area contributed by atoms with Crippen LogP contribution in [0.1, 0.15) is 19.8 Å². The van der Waals surface area contributed by atoms with Crippen molar-refractivity contribution in [2.24, 2.45) is 0 Å². The average molecular weight is 208 g/mol. The van der Waals surface area contributed by atoms with Crippen LogP contribution < -0.4 is 0 Å². The minimum atomic E-state index is -0.455. The van der Waals surface area contributed by atoms with Gasteiger partial charge in [-0.05, 0) is 26.8 Å². The van der Waals surface area contributed by atoms with Gasteiger partial charge in [-0.15, -0.1) is 5.92 Å². The van der Waals surface area contributed by atoms with Crippen LogP contribution in [-0.2, 0) is 0 Å². The average Bonchev–Trinajstić information content (AvgIpc) is 2.60. The zero-order valence-corrected chi connectivity index (χ0v) is 9.61. The number of hydrogen-bond donors (Lipinski definition) is 1. The highest BCUT2D eigenvalue weighted by molar-refractivity contribution is 5.09. The normalized spacial score (nSPS) is 34.3. The van der Waals surface area contributed by atoms with Crippen LogP contribution in [0, 0.1) is 11.8 Å². The van der Waals surface area contributed by atoms with Crippen LogP contribution in [-0.4, -0.2) is 59.8 Å². The summed E-state index contributed by atoms with van der Waals surface area (Å²) in [6.45, 7) is 5.12. The third kappa shape index (κ3) is 2.17. The van der Waals surface area contributed by atoms with Gasteiger partial charge >= 0.3 is 0 Å². The van der Waals surface area contributed by atoms with Crippen LogP contribution in [0.5, 0.6) is 0 Å². The molecule has 3 heteroatoms. The minimum absolute atomic E-state index is 0.274. The summed E-state index contributed by atoms with van der Waals surface area (Å²) in [6.07, 6.45) is 1.84. The lowest BCUT2D eigenvalue weighted by molar-refractivity contribution is 0.0478. The Bertz CT molecular complexity index is 281. The molecule has 0 saturated carbocycles. The van der Waals surface area contributed by atoms with Gasteiger partial charge in [-0.1, -0.05) is 5.92 Å². The standard InChI is InChI=1S/C12H20N2O/c1-3-4-12(15)11-6-5-10-9-13(2)7-8-14(10)11/h10-12,15H,5-9H2,1-2H3/t10-,11+,12?/m0/s1. The maximum Gasteiger partial charge on any atom is 0.130 e. The summed E-state index contributed by atoms with van der Waals surface area (Å²) in [7, 11) is 2.17. The van der Waals surface area contributed by atoms with Crippen molar-refractivity contribution in [1.82, 2.24) is 9.80 Å². The lowest BCUT2D eigenvalue weighted by Gasteiger charge is -2.39. The fourth-order valence-corrected chi connectivity index (χ4v) is 2.83. The molecule has 0 radical (unpaired) electrons. The quantitative estimate of drug-likeness (QED) is 0.621. The predicted octanol–water partition coefficient (Wildman–Crippen LogP) is 0.149. The molecule has 2 rings (SSSR count). The highest BCUT2D eigenvalue weighted by atomic mass is 16.3. The number of aliphatic hydroxyl groups excluding tert-OH is 1. The minimum Gasteiger partial charge on any atom is -0.379 e. The fourth-order valence-electron chi connectivity index (χ4n) is 2.83. The second kappa shape index (κ2) is 4.52. The van der Waals surface area contributed by atoms with Crippen LogP contribution in [0.4, 0.5) is 0 Å². The summed E-state index contributed by atoms with van der Waals surface area (Å²) in [6, 6.07) is 0.915. The molecule has 2 aliphatic heterocycles. The number of likely N-dealkylation sites (N-methyl/N-ethyl adjacent to an activating group) is 1. The Morgan fingerprint density at radius 2 is 2.13 bits per heavy atom. The molecule has 84 valence electrons. The first-order valence-corrected chi connectivity index (χ1v) is 5.77. The van der Waals surface area contributed by atoms with Gasteiger partial charge in [0.2, 0.25) is 0 Å². The van der Waals surface area contributed by atoms with E-state index in [1.807, 2.05) is 0 Å². The van der Waals surface area contributed by atoms with E-state index in [1.165, 1.54) is 6.42 Å². The van der Waals surface area contributed by atoms with Gasteiger partial charge in [0.25, 0.3) is 0 Å². The number of rotatable bonds is 1. The second-order valence-corrected chi connectivity index (χ2v) is 4.64. The molecular weight excluding hydrogens is 188 g/mol. The van der Waals surface area contributed by atoms with Crippen molar-refractivity contribution in [3.8, 4) is 11.8 Å². The second-order valence-electron chi connectivity index (χ2n) is 4.64. The summed E-state index contributed by atoms with van der Waals surface area (Å²) in [4.78, 5) is 4.83. The van der Waals surface area contributed by atoms with E-state index in [0.717, 1.165) is 26.1 Å². The maximum absolute atomic E-state index is 9.92. The highest BCUT2D eigenvalue weighted by Gasteiger charge is 2.39. The van der Waals surface area contributed by atoms with E-state index in [2.05, 4.69) is 28.7 Å². The lowest BCUT2D eigenvalue weighted by Crippen LogP contribution is -2.53. The van der Waals surface area contributed by atoms with Crippen molar-refractivity contribution in [3.63, 3.8) is 0 Å². The molecule has 0 aromatic carbocycles. The molecule has 0 amide bonds. The van der Waals surface area contributed by atoms with Gasteiger partial charge in [0.05, 0.1) is 0 Å². The first kappa shape index (κ1) is 10.9. The van der Waals surface area contributed by atoms with Crippen LogP contribution in [0.25, 0.3) is 0 Å². The molecule has 0 aromatic rings. The van der Waals surface area contributed by atoms with Crippen LogP contribution >= 0.6 is 0 Å². The number of fused-ring (bicyclic) bond motifs is 1. The van der Waals surface area contributed by atoms with E-state index in [4.69, 9.17) is 0 Å². The highest BCUT2D eigenvalue weighted by Crippen LogP contribution is 2.28. The Morgan fingerprint density at radius 1 is 1.33 bits per heavy atom. The molecule has 15 heavy (non-hydrogen) atoms. The number of hydrogen-bond acceptors (Lipinski definition) is 3. The third-order valence-corrected chi connectivity index (χ3v) is 3.61. The molecule has 1 unspecified atom stereocenters. The van der Waals surface area contributed by atoms with Crippen LogP contribution in [0.2, 0.25) is 0 Å². The van der Waals surface area contributed by atoms with Crippen molar-refractivity contribution in [2.75, 3.05) is 26.7 Å². The topological polar surface area (TPSA) is 26.7 Å². The van der Waals surface area contributed by atoms with Gasteiger partial charge in [-0.3, -0.25) is 4.90 Å². The SMILES string of the molecule is CC#CC(O)[C@H]1CC[C@H]2CN(C)CCN21. The van der Waals surface area contributed by atoms with Crippen molar-refractivity contribution >= 4 is 0 Å². The van der Waals surface area contributed by atoms with Gasteiger partial charge in [-0.25, -0.2) is 0 Å². The van der Waals surface area contributed by atoms with Crippen molar-refractivity contribution in [2.45, 2.75) is 38.0 Å². The van der Waals surface area contributed by atoms with Crippen molar-refractivity contribution in [3.05, 3.63) is 0 Å². The smallest absolute Gasteiger partial charge is 0.130 e. The Kier molecular flexibility index (Phi) is 3.30. The molecule has 0 aliphatic carbocycles. The first-order chi connectivity index (χ1) is 7.22. The predicted molar refractivity (Wildman–Crippen MR) is 60.5 cm³/mol. The molecule has 1 N–H and O–H groups in total. The molecule has 0 spiro atoms. The molecule has 2 heterocycles. The molecule has 2 saturated heterocycles. The fraction of sp³-hybridized carbons (Fsp3) is 0.833. The van der Waals surface area contributed by atoms with Crippen LogP contribution in [0.15, 0.2) is 0 Å². The van der Waals surface area contributed by atoms with Gasteiger partial charge in [0.1, 0.15) is 6.10 Å². The van der Waals surface area contributed by atoms with Crippen molar-refractivity contribution in [1.29, 1.82) is 0 Å². The van der Waals surface area contributed by atoms with E-state index in [1.54, 1.807) is 6.92 Å². The number of nitrogens with zero attached hydrogens (tertiary/aromatic N) is 2. The van der Waals surface area contributed by atoms with E-state index < -0.39 is 6.10 Å². The number of aliphatic hydroxyl groups is 1. The Labute approximate surface area is 92.1 Å². The van der Waals surface area contributed by atoms with E-state index >= 15 is 0 Å². The third-order valence-electron chi connectivity index (χ3n) is 3.61. The van der Waals surface area contributed by atoms with Gasteiger partial charge < -0.3 is 10.0 Å². The van der Waals surface area contributed by atoms with Gasteiger partial charge in [-0.2, -0.15) is 0 Å². The Hall–Kier alpha value is -0.560. The van der Waals surface area contributed by atoms with Gasteiger partial charge in [0.15, 0.2) is 0 Å². The monoisotopic (exact) mass is 208 g/mol. The summed E-state index contributed by atoms with van der Waals surface area (Å²) in [5, 5.41) is 9.92. The first-order valence-electron chi connectivity index (χ1n) is 5.77. The summed E-state index contributed by atoms with van der Waals surface area (Å²) < 4.78 is 0. The van der Waals surface area contributed by atoms with Crippen LogP contribution in [0.3, 0.4) is 0 Å². The molecular formula is C12H20N2O. The maximum atomic E-state index is 9.92. The number of piperazine rings is 1. The van der Waals surface area contributed by atoms with Gasteiger partial charge in [0, 0.05) is 31.7 Å². The molecule has 2 aliphatic rings. The largest absolute Gasteiger partial charge is 0.379 e. The lowest BCUT2D eigenvalue weighted by atomic mass is 10.1. The molecule has 3 atom stereocenters. The summed E-state index contributed by atoms with van der Waals surface area (Å²) in [5.74, 6) is 5.69. The van der Waals surface area contributed by atoms with E-state index in [0.29, 0.717) is 6.04 Å². The molecule has 2 fully saturated rings. The molecule has 3 nitrogen and oxygen atoms in total. The summed E-state index contributed by atoms with van der Waals surface area (Å²) in [5.41, 5.74) is 0. The Balaban J connectivity index is 2.01. The molecule has 0 bridgehead atoms. The van der Waals surface area contributed by atoms with E-state index in [9.17, 15) is 5.11 Å².